The van der Waals surface area contributed by atoms with Crippen molar-refractivity contribution in [1.82, 2.24) is 19.9 Å². The van der Waals surface area contributed by atoms with Gasteiger partial charge in [-0.3, -0.25) is 18.9 Å². The second-order valence-electron chi connectivity index (χ2n) is 8.41. The lowest BCUT2D eigenvalue weighted by atomic mass is 10.0. The summed E-state index contributed by atoms with van der Waals surface area (Å²) in [6, 6.07) is 9.41. The van der Waals surface area contributed by atoms with E-state index in [2.05, 4.69) is 20.0 Å². The minimum atomic E-state index is -4.22. The highest BCUT2D eigenvalue weighted by Gasteiger charge is 2.22. The number of carbonyl (C=O) groups excluding carboxylic acids is 1. The maximum atomic E-state index is 13.4. The monoisotopic (exact) mass is 559 g/mol. The lowest BCUT2D eigenvalue weighted by Gasteiger charge is -2.14. The Labute approximate surface area is 222 Å². The molecule has 0 aliphatic carbocycles. The number of anilines is 1. The highest BCUT2D eigenvalue weighted by molar-refractivity contribution is 7.92. The van der Waals surface area contributed by atoms with Gasteiger partial charge in [-0.15, -0.1) is 0 Å². The van der Waals surface area contributed by atoms with Gasteiger partial charge >= 0.3 is 0 Å². The van der Waals surface area contributed by atoms with Crippen LogP contribution >= 0.6 is 11.6 Å². The fraction of sp³-hybridized carbons (Fsp3) is 0.200. The summed E-state index contributed by atoms with van der Waals surface area (Å²) in [6.45, 7) is 1.85. The van der Waals surface area contributed by atoms with Crippen molar-refractivity contribution in [3.63, 3.8) is 0 Å². The van der Waals surface area contributed by atoms with Crippen LogP contribution in [0, 0.1) is 11.7 Å². The third-order valence-corrected chi connectivity index (χ3v) is 7.64. The smallest absolute Gasteiger partial charge is 0.263 e. The SMILES string of the molecule is CNC(=O)C(C)Cn1cnc2ccc(-c3cnc(OC)c(NS(=O)(=O)c4ccc(F)cc4Cl)c3)cc2c1=O. The number of rotatable bonds is 8. The van der Waals surface area contributed by atoms with Crippen LogP contribution in [0.1, 0.15) is 6.92 Å². The molecule has 0 aliphatic heterocycles. The fourth-order valence-electron chi connectivity index (χ4n) is 3.83. The van der Waals surface area contributed by atoms with Crippen molar-refractivity contribution < 1.29 is 22.3 Å². The number of fused-ring (bicyclic) bond motifs is 1. The quantitative estimate of drug-likeness (QED) is 0.338. The number of sulfonamides is 1. The molecule has 10 nitrogen and oxygen atoms in total. The van der Waals surface area contributed by atoms with Crippen molar-refractivity contribution in [2.24, 2.45) is 5.92 Å². The van der Waals surface area contributed by atoms with E-state index in [9.17, 15) is 22.4 Å². The Morgan fingerprint density at radius 2 is 1.92 bits per heavy atom. The van der Waals surface area contributed by atoms with Crippen LogP contribution in [0.15, 0.2) is 64.7 Å². The van der Waals surface area contributed by atoms with Crippen LogP contribution < -0.4 is 20.3 Å². The summed E-state index contributed by atoms with van der Waals surface area (Å²) in [5.41, 5.74) is 1.17. The van der Waals surface area contributed by atoms with Crippen molar-refractivity contribution in [3.8, 4) is 17.0 Å². The van der Waals surface area contributed by atoms with Gasteiger partial charge in [-0.25, -0.2) is 22.8 Å². The molecule has 2 aromatic carbocycles. The molecule has 198 valence electrons. The normalized spacial score (nSPS) is 12.2. The van der Waals surface area contributed by atoms with E-state index in [1.165, 1.54) is 37.3 Å². The number of nitrogens with one attached hydrogen (secondary N) is 2. The van der Waals surface area contributed by atoms with Gasteiger partial charge in [0.1, 0.15) is 16.4 Å². The summed E-state index contributed by atoms with van der Waals surface area (Å²) >= 11 is 5.96. The summed E-state index contributed by atoms with van der Waals surface area (Å²) in [7, 11) is -1.37. The van der Waals surface area contributed by atoms with Crippen molar-refractivity contribution in [3.05, 3.63) is 76.2 Å². The molecule has 13 heteroatoms. The number of halogens is 2. The van der Waals surface area contributed by atoms with Crippen LogP contribution in [-0.4, -0.2) is 43.0 Å². The molecule has 0 radical (unpaired) electrons. The van der Waals surface area contributed by atoms with Crippen molar-refractivity contribution in [2.75, 3.05) is 18.9 Å². The van der Waals surface area contributed by atoms with Crippen LogP contribution in [0.2, 0.25) is 5.02 Å². The van der Waals surface area contributed by atoms with E-state index in [0.29, 0.717) is 22.0 Å². The third-order valence-electron chi connectivity index (χ3n) is 5.79. The zero-order valence-electron chi connectivity index (χ0n) is 20.5. The Balaban J connectivity index is 1.73. The number of methoxy groups -OCH3 is 1. The molecule has 38 heavy (non-hydrogen) atoms. The Kier molecular flexibility index (Phi) is 7.65. The highest BCUT2D eigenvalue weighted by atomic mass is 35.5. The summed E-state index contributed by atoms with van der Waals surface area (Å²) in [6.07, 6.45) is 2.86. The van der Waals surface area contributed by atoms with Gasteiger partial charge in [0.05, 0.1) is 35.3 Å². The zero-order chi connectivity index (χ0) is 27.6. The molecule has 0 bridgehead atoms. The largest absolute Gasteiger partial charge is 0.480 e. The summed E-state index contributed by atoms with van der Waals surface area (Å²) in [5, 5.41) is 2.58. The Morgan fingerprint density at radius 1 is 1.16 bits per heavy atom. The number of ether oxygens (including phenoxy) is 1. The number of nitrogens with zero attached hydrogens (tertiary/aromatic N) is 3. The number of benzene rings is 2. The van der Waals surface area contributed by atoms with E-state index in [1.54, 1.807) is 25.1 Å². The number of carbonyl (C=O) groups is 1. The number of pyridine rings is 1. The van der Waals surface area contributed by atoms with Gasteiger partial charge in [0.15, 0.2) is 0 Å². The molecule has 0 fully saturated rings. The van der Waals surface area contributed by atoms with Gasteiger partial charge in [-0.1, -0.05) is 24.6 Å². The molecule has 4 rings (SSSR count). The standard InChI is InChI=1S/C25H23ClFN5O5S/c1-14(23(33)28-2)12-32-13-30-20-6-4-15(8-18(20)25(32)34)16-9-21(24(37-3)29-11-16)31-38(35,36)22-7-5-17(27)10-19(22)26/h4-11,13-14,31H,12H2,1-3H3,(H,28,33). The van der Waals surface area contributed by atoms with Crippen molar-refractivity contribution in [1.29, 1.82) is 0 Å². The van der Waals surface area contributed by atoms with Crippen molar-refractivity contribution in [2.45, 2.75) is 18.4 Å². The molecule has 1 unspecified atom stereocenters. The second kappa shape index (κ2) is 10.8. The van der Waals surface area contributed by atoms with E-state index in [4.69, 9.17) is 16.3 Å². The summed E-state index contributed by atoms with van der Waals surface area (Å²) in [4.78, 5) is 33.2. The topological polar surface area (TPSA) is 132 Å². The molecule has 0 saturated carbocycles. The van der Waals surface area contributed by atoms with Crippen LogP contribution in [-0.2, 0) is 21.4 Å². The summed E-state index contributed by atoms with van der Waals surface area (Å²) in [5.74, 6) is -1.34. The first-order chi connectivity index (χ1) is 18.0. The van der Waals surface area contributed by atoms with E-state index in [-0.39, 0.29) is 39.5 Å². The number of aromatic nitrogens is 3. The zero-order valence-corrected chi connectivity index (χ0v) is 22.1. The average Bonchev–Trinajstić information content (AvgIpc) is 2.89. The third kappa shape index (κ3) is 5.46. The van der Waals surface area contributed by atoms with Gasteiger partial charge in [-0.2, -0.15) is 0 Å². The lowest BCUT2D eigenvalue weighted by Crippen LogP contribution is -2.32. The van der Waals surface area contributed by atoms with Gasteiger partial charge in [-0.05, 0) is 42.0 Å². The maximum Gasteiger partial charge on any atom is 0.263 e. The van der Waals surface area contributed by atoms with E-state index < -0.39 is 21.8 Å². The molecular formula is C25H23ClFN5O5S. The minimum absolute atomic E-state index is 0.00786. The molecule has 1 atom stereocenters. The molecule has 2 heterocycles. The Hall–Kier alpha value is -4.03. The molecule has 0 spiro atoms. The highest BCUT2D eigenvalue weighted by Crippen LogP contribution is 2.32. The van der Waals surface area contributed by atoms with Crippen LogP contribution in [0.5, 0.6) is 5.88 Å². The predicted octanol–water partition coefficient (Wildman–Crippen LogP) is 3.44. The molecular weight excluding hydrogens is 537 g/mol. The molecule has 2 N–H and O–H groups in total. The first-order valence-corrected chi connectivity index (χ1v) is 13.1. The van der Waals surface area contributed by atoms with E-state index in [1.807, 2.05) is 0 Å². The van der Waals surface area contributed by atoms with Gasteiger partial charge < -0.3 is 10.1 Å². The minimum Gasteiger partial charge on any atom is -0.480 e. The van der Waals surface area contributed by atoms with Gasteiger partial charge in [0.25, 0.3) is 15.6 Å². The Bertz CT molecular complexity index is 1710. The summed E-state index contributed by atoms with van der Waals surface area (Å²) < 4.78 is 48.3. The predicted molar refractivity (Wildman–Crippen MR) is 141 cm³/mol. The number of hydrogen-bond donors (Lipinski definition) is 2. The number of hydrogen-bond acceptors (Lipinski definition) is 7. The molecule has 2 aromatic heterocycles. The first kappa shape index (κ1) is 27.0. The van der Waals surface area contributed by atoms with E-state index in [0.717, 1.165) is 18.2 Å². The molecule has 1 amide bonds. The lowest BCUT2D eigenvalue weighted by molar-refractivity contribution is -0.124. The maximum absolute atomic E-state index is 13.4. The van der Waals surface area contributed by atoms with Crippen LogP contribution in [0.25, 0.3) is 22.0 Å². The average molecular weight is 560 g/mol. The number of amides is 1. The molecule has 4 aromatic rings. The second-order valence-corrected chi connectivity index (χ2v) is 10.5. The molecule has 0 aliphatic rings. The van der Waals surface area contributed by atoms with Crippen LogP contribution in [0.3, 0.4) is 0 Å². The Morgan fingerprint density at radius 3 is 2.61 bits per heavy atom. The van der Waals surface area contributed by atoms with Gasteiger partial charge in [0.2, 0.25) is 11.8 Å². The van der Waals surface area contributed by atoms with E-state index >= 15 is 0 Å². The first-order valence-electron chi connectivity index (χ1n) is 11.3. The van der Waals surface area contributed by atoms with Crippen molar-refractivity contribution >= 4 is 44.1 Å². The molecule has 0 saturated heterocycles. The van der Waals surface area contributed by atoms with Crippen LogP contribution in [0.4, 0.5) is 10.1 Å². The fourth-order valence-corrected chi connectivity index (χ4v) is 5.41. The van der Waals surface area contributed by atoms with Gasteiger partial charge in [0, 0.05) is 25.4 Å².